The van der Waals surface area contributed by atoms with Crippen LogP contribution >= 0.6 is 0 Å². The third-order valence-electron chi connectivity index (χ3n) is 3.03. The number of benzene rings is 1. The van der Waals surface area contributed by atoms with Gasteiger partial charge < -0.3 is 10.1 Å². The van der Waals surface area contributed by atoms with Gasteiger partial charge in [0.25, 0.3) is 0 Å². The molecule has 1 N–H and O–H groups in total. The summed E-state index contributed by atoms with van der Waals surface area (Å²) in [5.41, 5.74) is 2.23. The number of nitrogens with one attached hydrogen (secondary N) is 1. The van der Waals surface area contributed by atoms with Crippen molar-refractivity contribution in [2.24, 2.45) is 0 Å². The molecule has 1 heterocycles. The first kappa shape index (κ1) is 13.5. The maximum absolute atomic E-state index is 5.21. The number of hydrogen-bond donors (Lipinski definition) is 1. The maximum Gasteiger partial charge on any atom is 0.119 e. The number of rotatable bonds is 6. The van der Waals surface area contributed by atoms with Crippen LogP contribution in [0.3, 0.4) is 0 Å². The minimum absolute atomic E-state index is 0.208. The molecule has 0 saturated carbocycles. The molecule has 0 fully saturated rings. The Balaban J connectivity index is 1.83. The van der Waals surface area contributed by atoms with Crippen molar-refractivity contribution < 1.29 is 4.74 Å². The molecule has 1 atom stereocenters. The van der Waals surface area contributed by atoms with Crippen LogP contribution in [0.1, 0.15) is 24.2 Å². The molecule has 1 aromatic heterocycles. The largest absolute Gasteiger partial charge is 0.497 e. The van der Waals surface area contributed by atoms with Crippen LogP contribution in [0.25, 0.3) is 0 Å². The first-order chi connectivity index (χ1) is 9.29. The predicted octanol–water partition coefficient (Wildman–Crippen LogP) is 2.38. The van der Waals surface area contributed by atoms with Crippen LogP contribution in [-0.2, 0) is 6.42 Å². The fourth-order valence-corrected chi connectivity index (χ4v) is 1.90. The lowest BCUT2D eigenvalue weighted by molar-refractivity contribution is 0.414. The molecule has 0 spiro atoms. The van der Waals surface area contributed by atoms with Crippen molar-refractivity contribution in [3.63, 3.8) is 0 Å². The molecular weight excluding hydrogens is 238 g/mol. The molecule has 1 aromatic carbocycles. The molecule has 0 aliphatic heterocycles. The smallest absolute Gasteiger partial charge is 0.119 e. The van der Waals surface area contributed by atoms with Crippen molar-refractivity contribution in [3.05, 3.63) is 54.1 Å². The van der Waals surface area contributed by atoms with E-state index in [1.807, 2.05) is 12.1 Å². The van der Waals surface area contributed by atoms with Gasteiger partial charge in [-0.05, 0) is 37.6 Å². The third kappa shape index (κ3) is 4.03. The number of aromatic nitrogens is 2. The molecule has 2 rings (SSSR count). The Kier molecular flexibility index (Phi) is 4.86. The van der Waals surface area contributed by atoms with Crippen LogP contribution in [-0.4, -0.2) is 23.6 Å². The molecule has 2 aromatic rings. The molecule has 0 saturated heterocycles. The molecule has 0 amide bonds. The number of hydrogen-bond acceptors (Lipinski definition) is 4. The summed E-state index contributed by atoms with van der Waals surface area (Å²) in [7, 11) is 1.69. The summed E-state index contributed by atoms with van der Waals surface area (Å²) < 4.78 is 5.21. The van der Waals surface area contributed by atoms with E-state index in [0.29, 0.717) is 0 Å². The molecule has 0 radical (unpaired) electrons. The van der Waals surface area contributed by atoms with E-state index in [-0.39, 0.29) is 6.04 Å². The topological polar surface area (TPSA) is 47.0 Å². The number of methoxy groups -OCH3 is 1. The Bertz CT molecular complexity index is 502. The Morgan fingerprint density at radius 1 is 1.32 bits per heavy atom. The molecule has 100 valence electrons. The number of nitrogens with zero attached hydrogens (tertiary/aromatic N) is 2. The highest BCUT2D eigenvalue weighted by molar-refractivity contribution is 5.28. The lowest BCUT2D eigenvalue weighted by Crippen LogP contribution is -2.22. The first-order valence-electron chi connectivity index (χ1n) is 6.42. The van der Waals surface area contributed by atoms with E-state index >= 15 is 0 Å². The van der Waals surface area contributed by atoms with E-state index in [9.17, 15) is 0 Å². The fourth-order valence-electron chi connectivity index (χ4n) is 1.90. The highest BCUT2D eigenvalue weighted by Crippen LogP contribution is 2.13. The molecular formula is C15H19N3O. The van der Waals surface area contributed by atoms with Gasteiger partial charge in [-0.1, -0.05) is 12.1 Å². The summed E-state index contributed by atoms with van der Waals surface area (Å²) in [5, 5.41) is 3.44. The normalized spacial score (nSPS) is 12.1. The van der Waals surface area contributed by atoms with Crippen molar-refractivity contribution in [1.82, 2.24) is 15.3 Å². The van der Waals surface area contributed by atoms with E-state index in [2.05, 4.69) is 34.3 Å². The van der Waals surface area contributed by atoms with E-state index in [1.54, 1.807) is 25.7 Å². The zero-order chi connectivity index (χ0) is 13.5. The van der Waals surface area contributed by atoms with Gasteiger partial charge in [-0.15, -0.1) is 0 Å². The fraction of sp³-hybridized carbons (Fsp3) is 0.333. The first-order valence-corrected chi connectivity index (χ1v) is 6.42. The molecule has 1 unspecified atom stereocenters. The van der Waals surface area contributed by atoms with E-state index < -0.39 is 0 Å². The van der Waals surface area contributed by atoms with Crippen molar-refractivity contribution in [2.45, 2.75) is 19.4 Å². The second-order valence-corrected chi connectivity index (χ2v) is 4.41. The summed E-state index contributed by atoms with van der Waals surface area (Å²) in [5.74, 6) is 0.902. The standard InChI is InChI=1S/C15H19N3O/c1-12(15-11-16-8-9-18-15)17-7-6-13-4-3-5-14(10-13)19-2/h3-5,8-12,17H,6-7H2,1-2H3. The van der Waals surface area contributed by atoms with Gasteiger partial charge in [-0.2, -0.15) is 0 Å². The zero-order valence-corrected chi connectivity index (χ0v) is 11.3. The minimum atomic E-state index is 0.208. The van der Waals surface area contributed by atoms with Crippen molar-refractivity contribution >= 4 is 0 Å². The van der Waals surface area contributed by atoms with Crippen molar-refractivity contribution in [2.75, 3.05) is 13.7 Å². The Labute approximate surface area is 113 Å². The molecule has 0 bridgehead atoms. The maximum atomic E-state index is 5.21. The summed E-state index contributed by atoms with van der Waals surface area (Å²) in [6, 6.07) is 8.35. The average Bonchev–Trinajstić information content (AvgIpc) is 2.48. The monoisotopic (exact) mass is 257 g/mol. The van der Waals surface area contributed by atoms with Gasteiger partial charge in [0.15, 0.2) is 0 Å². The Hall–Kier alpha value is -1.94. The zero-order valence-electron chi connectivity index (χ0n) is 11.3. The van der Waals surface area contributed by atoms with Gasteiger partial charge in [0.05, 0.1) is 12.8 Å². The van der Waals surface area contributed by atoms with Gasteiger partial charge >= 0.3 is 0 Å². The van der Waals surface area contributed by atoms with E-state index in [1.165, 1.54) is 5.56 Å². The second kappa shape index (κ2) is 6.85. The molecule has 0 aliphatic rings. The van der Waals surface area contributed by atoms with E-state index in [4.69, 9.17) is 4.74 Å². The molecule has 4 nitrogen and oxygen atoms in total. The van der Waals surface area contributed by atoms with Crippen LogP contribution in [0.15, 0.2) is 42.9 Å². The van der Waals surface area contributed by atoms with Gasteiger partial charge in [0.1, 0.15) is 5.75 Å². The summed E-state index contributed by atoms with van der Waals surface area (Å²) in [4.78, 5) is 8.36. The SMILES string of the molecule is COc1cccc(CCNC(C)c2cnccn2)c1. The van der Waals surface area contributed by atoms with E-state index in [0.717, 1.165) is 24.4 Å². The van der Waals surface area contributed by atoms with Gasteiger partial charge in [0, 0.05) is 24.6 Å². The van der Waals surface area contributed by atoms with Gasteiger partial charge in [-0.25, -0.2) is 0 Å². The van der Waals surface area contributed by atoms with Crippen molar-refractivity contribution in [1.29, 1.82) is 0 Å². The van der Waals surface area contributed by atoms with Gasteiger partial charge in [-0.3, -0.25) is 9.97 Å². The second-order valence-electron chi connectivity index (χ2n) is 4.41. The van der Waals surface area contributed by atoms with Crippen LogP contribution in [0.4, 0.5) is 0 Å². The number of ether oxygens (including phenoxy) is 1. The summed E-state index contributed by atoms with van der Waals surface area (Å²) >= 11 is 0. The molecule has 4 heteroatoms. The lowest BCUT2D eigenvalue weighted by atomic mass is 10.1. The predicted molar refractivity (Wildman–Crippen MR) is 75.1 cm³/mol. The van der Waals surface area contributed by atoms with Crippen molar-refractivity contribution in [3.8, 4) is 5.75 Å². The summed E-state index contributed by atoms with van der Waals surface area (Å²) in [6.45, 7) is 2.99. The quantitative estimate of drug-likeness (QED) is 0.863. The van der Waals surface area contributed by atoms with Crippen LogP contribution < -0.4 is 10.1 Å². The minimum Gasteiger partial charge on any atom is -0.497 e. The highest BCUT2D eigenvalue weighted by atomic mass is 16.5. The third-order valence-corrected chi connectivity index (χ3v) is 3.03. The van der Waals surface area contributed by atoms with Crippen LogP contribution in [0, 0.1) is 0 Å². The Morgan fingerprint density at radius 3 is 2.95 bits per heavy atom. The van der Waals surface area contributed by atoms with Crippen LogP contribution in [0.2, 0.25) is 0 Å². The van der Waals surface area contributed by atoms with Crippen LogP contribution in [0.5, 0.6) is 5.75 Å². The summed E-state index contributed by atoms with van der Waals surface area (Å²) in [6.07, 6.45) is 6.16. The highest BCUT2D eigenvalue weighted by Gasteiger charge is 2.05. The van der Waals surface area contributed by atoms with Gasteiger partial charge in [0.2, 0.25) is 0 Å². The average molecular weight is 257 g/mol. The lowest BCUT2D eigenvalue weighted by Gasteiger charge is -2.12. The Morgan fingerprint density at radius 2 is 2.21 bits per heavy atom. The molecule has 0 aliphatic carbocycles. The molecule has 19 heavy (non-hydrogen) atoms.